The Morgan fingerprint density at radius 2 is 2.11 bits per heavy atom. The quantitative estimate of drug-likeness (QED) is 0.647. The largest absolute Gasteiger partial charge is 0.367 e. The summed E-state index contributed by atoms with van der Waals surface area (Å²) >= 11 is 0. The topological polar surface area (TPSA) is 54.7 Å². The van der Waals surface area contributed by atoms with Crippen LogP contribution >= 0.6 is 0 Å². The van der Waals surface area contributed by atoms with Gasteiger partial charge in [0.2, 0.25) is 0 Å². The van der Waals surface area contributed by atoms with Crippen LogP contribution in [-0.4, -0.2) is 52.9 Å². The Morgan fingerprint density at radius 3 is 2.78 bits per heavy atom. The lowest BCUT2D eigenvalue weighted by Gasteiger charge is -2.38. The smallest absolute Gasteiger partial charge is 0.194 e. The summed E-state index contributed by atoms with van der Waals surface area (Å²) < 4.78 is 21.2. The third-order valence-electron chi connectivity index (χ3n) is 4.49. The fraction of sp³-hybridized carbons (Fsp3) is 0.500. The molecule has 146 valence electrons. The van der Waals surface area contributed by atoms with Gasteiger partial charge in [-0.25, -0.2) is 4.39 Å². The standard InChI is InChI=1S/C20H28FN5O/c1-4-22-20(23-9-10-26-12-15(2)11-24-26)25-13-16(3)27-19(14-25)17-5-7-18(21)8-6-17/h5-8,11-12,16,19H,4,9-10,13-14H2,1-3H3,(H,22,23). The molecule has 0 spiro atoms. The van der Waals surface area contributed by atoms with Crippen LogP contribution in [0, 0.1) is 12.7 Å². The zero-order chi connectivity index (χ0) is 19.2. The van der Waals surface area contributed by atoms with Gasteiger partial charge in [-0.05, 0) is 44.0 Å². The van der Waals surface area contributed by atoms with Gasteiger partial charge in [0, 0.05) is 19.3 Å². The maximum absolute atomic E-state index is 13.2. The maximum atomic E-state index is 13.2. The third kappa shape index (κ3) is 5.29. The molecule has 7 heteroatoms. The number of halogens is 1. The predicted octanol–water partition coefficient (Wildman–Crippen LogP) is 2.76. The average molecular weight is 373 g/mol. The van der Waals surface area contributed by atoms with Crippen molar-refractivity contribution in [3.05, 3.63) is 53.6 Å². The van der Waals surface area contributed by atoms with E-state index in [1.165, 1.54) is 12.1 Å². The van der Waals surface area contributed by atoms with Crippen molar-refractivity contribution in [2.45, 2.75) is 39.5 Å². The van der Waals surface area contributed by atoms with E-state index >= 15 is 0 Å². The molecule has 2 aromatic rings. The second-order valence-corrected chi connectivity index (χ2v) is 6.91. The van der Waals surface area contributed by atoms with Crippen LogP contribution in [0.2, 0.25) is 0 Å². The third-order valence-corrected chi connectivity index (χ3v) is 4.49. The molecule has 1 aliphatic rings. The van der Waals surface area contributed by atoms with Crippen molar-refractivity contribution in [2.75, 3.05) is 26.2 Å². The van der Waals surface area contributed by atoms with Gasteiger partial charge >= 0.3 is 0 Å². The Hall–Kier alpha value is -2.41. The first-order chi connectivity index (χ1) is 13.0. The van der Waals surface area contributed by atoms with Crippen LogP contribution in [0.4, 0.5) is 4.39 Å². The van der Waals surface area contributed by atoms with E-state index in [1.807, 2.05) is 24.0 Å². The molecule has 1 aliphatic heterocycles. The average Bonchev–Trinajstić information content (AvgIpc) is 3.06. The van der Waals surface area contributed by atoms with Crippen molar-refractivity contribution in [1.29, 1.82) is 0 Å². The molecule has 1 aromatic heterocycles. The summed E-state index contributed by atoms with van der Waals surface area (Å²) in [6, 6.07) is 6.54. The van der Waals surface area contributed by atoms with Crippen molar-refractivity contribution in [3.8, 4) is 0 Å². The van der Waals surface area contributed by atoms with Gasteiger partial charge in [-0.1, -0.05) is 12.1 Å². The van der Waals surface area contributed by atoms with E-state index in [9.17, 15) is 4.39 Å². The van der Waals surface area contributed by atoms with Crippen molar-refractivity contribution >= 4 is 5.96 Å². The van der Waals surface area contributed by atoms with Gasteiger partial charge in [-0.15, -0.1) is 0 Å². The lowest BCUT2D eigenvalue weighted by Crippen LogP contribution is -2.50. The highest BCUT2D eigenvalue weighted by Gasteiger charge is 2.28. The maximum Gasteiger partial charge on any atom is 0.194 e. The van der Waals surface area contributed by atoms with Gasteiger partial charge in [0.15, 0.2) is 5.96 Å². The highest BCUT2D eigenvalue weighted by molar-refractivity contribution is 5.80. The summed E-state index contributed by atoms with van der Waals surface area (Å²) in [5, 5.41) is 7.68. The first-order valence-electron chi connectivity index (χ1n) is 9.48. The summed E-state index contributed by atoms with van der Waals surface area (Å²) in [6.45, 7) is 9.79. The number of hydrogen-bond donors (Lipinski definition) is 1. The van der Waals surface area contributed by atoms with Crippen molar-refractivity contribution in [3.63, 3.8) is 0 Å². The summed E-state index contributed by atoms with van der Waals surface area (Å²) in [4.78, 5) is 7.00. The summed E-state index contributed by atoms with van der Waals surface area (Å²) in [5.74, 6) is 0.645. The normalized spacial score (nSPS) is 20.7. The summed E-state index contributed by atoms with van der Waals surface area (Å²) in [5.41, 5.74) is 2.13. The molecule has 1 saturated heterocycles. The monoisotopic (exact) mass is 373 g/mol. The van der Waals surface area contributed by atoms with E-state index in [-0.39, 0.29) is 18.0 Å². The van der Waals surface area contributed by atoms with E-state index < -0.39 is 0 Å². The molecule has 0 amide bonds. The van der Waals surface area contributed by atoms with Crippen LogP contribution < -0.4 is 5.32 Å². The minimum Gasteiger partial charge on any atom is -0.367 e. The number of aromatic nitrogens is 2. The molecule has 0 aliphatic carbocycles. The number of benzene rings is 1. The number of hydrogen-bond acceptors (Lipinski definition) is 3. The fourth-order valence-corrected chi connectivity index (χ4v) is 3.26. The number of aryl methyl sites for hydroxylation is 1. The minimum atomic E-state index is -0.233. The Kier molecular flexibility index (Phi) is 6.45. The lowest BCUT2D eigenvalue weighted by atomic mass is 10.1. The number of nitrogens with zero attached hydrogens (tertiary/aromatic N) is 4. The van der Waals surface area contributed by atoms with Crippen molar-refractivity contribution in [2.24, 2.45) is 4.99 Å². The van der Waals surface area contributed by atoms with Crippen LogP contribution in [0.1, 0.15) is 31.1 Å². The molecule has 6 nitrogen and oxygen atoms in total. The molecule has 0 saturated carbocycles. The number of nitrogens with one attached hydrogen (secondary N) is 1. The van der Waals surface area contributed by atoms with Gasteiger partial charge in [0.25, 0.3) is 0 Å². The minimum absolute atomic E-state index is 0.0615. The molecule has 1 N–H and O–H groups in total. The van der Waals surface area contributed by atoms with E-state index in [0.29, 0.717) is 13.1 Å². The molecule has 0 bridgehead atoms. The lowest BCUT2D eigenvalue weighted by molar-refractivity contribution is -0.0605. The van der Waals surface area contributed by atoms with Crippen LogP contribution in [0.15, 0.2) is 41.7 Å². The van der Waals surface area contributed by atoms with Crippen LogP contribution in [0.5, 0.6) is 0 Å². The second-order valence-electron chi connectivity index (χ2n) is 6.91. The van der Waals surface area contributed by atoms with E-state index in [1.54, 1.807) is 12.1 Å². The molecular weight excluding hydrogens is 345 g/mol. The molecule has 1 fully saturated rings. The van der Waals surface area contributed by atoms with Gasteiger partial charge in [0.1, 0.15) is 11.9 Å². The van der Waals surface area contributed by atoms with E-state index in [4.69, 9.17) is 9.73 Å². The van der Waals surface area contributed by atoms with E-state index in [0.717, 1.165) is 36.7 Å². The van der Waals surface area contributed by atoms with Crippen molar-refractivity contribution in [1.82, 2.24) is 20.0 Å². The molecule has 2 atom stereocenters. The van der Waals surface area contributed by atoms with Crippen LogP contribution in [0.3, 0.4) is 0 Å². The van der Waals surface area contributed by atoms with Crippen LogP contribution in [0.25, 0.3) is 0 Å². The van der Waals surface area contributed by atoms with E-state index in [2.05, 4.69) is 29.2 Å². The Bertz CT molecular complexity index is 758. The highest BCUT2D eigenvalue weighted by Crippen LogP contribution is 2.25. The molecule has 0 radical (unpaired) electrons. The molecule has 2 heterocycles. The molecule has 1 aromatic carbocycles. The van der Waals surface area contributed by atoms with Gasteiger partial charge in [-0.3, -0.25) is 9.67 Å². The Morgan fingerprint density at radius 1 is 1.33 bits per heavy atom. The number of aliphatic imine (C=N–C) groups is 1. The van der Waals surface area contributed by atoms with Gasteiger partial charge in [-0.2, -0.15) is 5.10 Å². The summed E-state index contributed by atoms with van der Waals surface area (Å²) in [6.07, 6.45) is 3.83. The number of rotatable bonds is 5. The summed E-state index contributed by atoms with van der Waals surface area (Å²) in [7, 11) is 0. The zero-order valence-electron chi connectivity index (χ0n) is 16.2. The number of morpholine rings is 1. The first kappa shape index (κ1) is 19.4. The zero-order valence-corrected chi connectivity index (χ0v) is 16.2. The second kappa shape index (κ2) is 8.99. The molecule has 27 heavy (non-hydrogen) atoms. The highest BCUT2D eigenvalue weighted by atomic mass is 19.1. The number of guanidine groups is 1. The first-order valence-corrected chi connectivity index (χ1v) is 9.48. The SMILES string of the molecule is CCNC(=NCCn1cc(C)cn1)N1CC(C)OC(c2ccc(F)cc2)C1. The van der Waals surface area contributed by atoms with Crippen molar-refractivity contribution < 1.29 is 9.13 Å². The Balaban J connectivity index is 1.69. The molecule has 3 rings (SSSR count). The van der Waals surface area contributed by atoms with Crippen LogP contribution in [-0.2, 0) is 11.3 Å². The van der Waals surface area contributed by atoms with Gasteiger partial charge in [0.05, 0.1) is 31.9 Å². The van der Waals surface area contributed by atoms with Gasteiger partial charge < -0.3 is 15.0 Å². The molecular formula is C20H28FN5O. The Labute approximate surface area is 160 Å². The predicted molar refractivity (Wildman–Crippen MR) is 104 cm³/mol. The number of ether oxygens (including phenoxy) is 1. The molecule has 2 unspecified atom stereocenters. The fourth-order valence-electron chi connectivity index (χ4n) is 3.26.